The van der Waals surface area contributed by atoms with Crippen molar-refractivity contribution in [3.63, 3.8) is 0 Å². The molecule has 0 aliphatic heterocycles. The molecule has 0 unspecified atom stereocenters. The quantitative estimate of drug-likeness (QED) is 0.498. The van der Waals surface area contributed by atoms with Crippen LogP contribution in [0.2, 0.25) is 0 Å². The molecular weight excluding hydrogens is 216 g/mol. The zero-order chi connectivity index (χ0) is 12.6. The van der Waals surface area contributed by atoms with Gasteiger partial charge < -0.3 is 0 Å². The lowest BCUT2D eigenvalue weighted by molar-refractivity contribution is 1.65. The third-order valence-corrected chi connectivity index (χ3v) is 2.60. The highest BCUT2D eigenvalue weighted by Crippen LogP contribution is 2.11. The van der Waals surface area contributed by atoms with E-state index in [2.05, 4.69) is 54.5 Å². The van der Waals surface area contributed by atoms with E-state index in [0.29, 0.717) is 0 Å². The van der Waals surface area contributed by atoms with Gasteiger partial charge in [-0.05, 0) is 22.9 Å². The topological polar surface area (TPSA) is 0 Å². The highest BCUT2D eigenvalue weighted by molar-refractivity contribution is 5.81. The third-order valence-electron chi connectivity index (χ3n) is 2.60. The van der Waals surface area contributed by atoms with Crippen molar-refractivity contribution in [2.45, 2.75) is 0 Å². The molecule has 0 N–H and O–H groups in total. The summed E-state index contributed by atoms with van der Waals surface area (Å²) in [7, 11) is 0. The maximum Gasteiger partial charge on any atom is 0.0242 e. The van der Waals surface area contributed by atoms with Gasteiger partial charge in [0.2, 0.25) is 0 Å². The molecule has 0 aliphatic carbocycles. The van der Waals surface area contributed by atoms with E-state index in [-0.39, 0.29) is 0 Å². The largest absolute Gasteiger partial charge is 0.115 e. The van der Waals surface area contributed by atoms with E-state index in [4.69, 9.17) is 6.42 Å². The smallest absolute Gasteiger partial charge is 0.0242 e. The monoisotopic (exact) mass is 230 g/mol. The van der Waals surface area contributed by atoms with Crippen LogP contribution in [0.15, 0.2) is 78.9 Å². The molecule has 3 aromatic rings. The molecule has 0 heterocycles. The number of terminal acetylenes is 1. The lowest BCUT2D eigenvalue weighted by atomic mass is 10.1. The average Bonchev–Trinajstić information content (AvgIpc) is 2.49. The molecule has 0 aliphatic rings. The molecule has 0 atom stereocenters. The van der Waals surface area contributed by atoms with Gasteiger partial charge in [0.1, 0.15) is 0 Å². The van der Waals surface area contributed by atoms with Crippen molar-refractivity contribution in [1.29, 1.82) is 0 Å². The Kier molecular flexibility index (Phi) is 4.16. The van der Waals surface area contributed by atoms with Crippen LogP contribution in [-0.2, 0) is 0 Å². The number of hydrogen-bond donors (Lipinski definition) is 0. The van der Waals surface area contributed by atoms with Crippen molar-refractivity contribution in [3.8, 4) is 12.3 Å². The Labute approximate surface area is 108 Å². The van der Waals surface area contributed by atoms with Crippen molar-refractivity contribution >= 4 is 10.8 Å². The van der Waals surface area contributed by atoms with Gasteiger partial charge in [-0.15, -0.1) is 6.42 Å². The van der Waals surface area contributed by atoms with Crippen LogP contribution in [0.25, 0.3) is 10.8 Å². The number of benzene rings is 3. The van der Waals surface area contributed by atoms with Crippen LogP contribution < -0.4 is 0 Å². The minimum absolute atomic E-state index is 0.938. The third kappa shape index (κ3) is 3.23. The molecule has 86 valence electrons. The lowest BCUT2D eigenvalue weighted by Crippen LogP contribution is -1.67. The number of hydrogen-bond acceptors (Lipinski definition) is 0. The van der Waals surface area contributed by atoms with Crippen LogP contribution in [0.5, 0.6) is 0 Å². The summed E-state index contributed by atoms with van der Waals surface area (Å²) in [6.07, 6.45) is 5.10. The molecule has 3 rings (SSSR count). The first-order valence-corrected chi connectivity index (χ1v) is 5.85. The summed E-state index contributed by atoms with van der Waals surface area (Å²) in [4.78, 5) is 0. The maximum absolute atomic E-state index is 5.10. The van der Waals surface area contributed by atoms with Gasteiger partial charge in [-0.25, -0.2) is 0 Å². The minimum atomic E-state index is 0.938. The molecular formula is C18H14. The van der Waals surface area contributed by atoms with E-state index in [1.807, 2.05) is 30.3 Å². The average molecular weight is 230 g/mol. The molecule has 0 radical (unpaired) electrons. The summed E-state index contributed by atoms with van der Waals surface area (Å²) in [6.45, 7) is 0. The molecule has 0 bridgehead atoms. The van der Waals surface area contributed by atoms with Crippen LogP contribution >= 0.6 is 0 Å². The minimum Gasteiger partial charge on any atom is -0.115 e. The fraction of sp³-hybridized carbons (Fsp3) is 0. The highest BCUT2D eigenvalue weighted by Gasteiger charge is 1.85. The van der Waals surface area contributed by atoms with E-state index in [9.17, 15) is 0 Å². The fourth-order valence-corrected chi connectivity index (χ4v) is 1.67. The van der Waals surface area contributed by atoms with Crippen molar-refractivity contribution in [1.82, 2.24) is 0 Å². The van der Waals surface area contributed by atoms with Crippen molar-refractivity contribution in [2.24, 2.45) is 0 Å². The van der Waals surface area contributed by atoms with Crippen LogP contribution in [0, 0.1) is 12.3 Å². The summed E-state index contributed by atoms with van der Waals surface area (Å²) in [6, 6.07) is 26.3. The van der Waals surface area contributed by atoms with Gasteiger partial charge in [-0.3, -0.25) is 0 Å². The van der Waals surface area contributed by atoms with Gasteiger partial charge in [0.15, 0.2) is 0 Å². The summed E-state index contributed by atoms with van der Waals surface area (Å²) in [5.41, 5.74) is 0.938. The summed E-state index contributed by atoms with van der Waals surface area (Å²) in [5, 5.41) is 2.62. The van der Waals surface area contributed by atoms with Crippen LogP contribution in [0.4, 0.5) is 0 Å². The Morgan fingerprint density at radius 1 is 0.556 bits per heavy atom. The Hall–Kier alpha value is -2.52. The SMILES string of the molecule is C#Cc1ccccc1.c1ccc2ccccc2c1. The molecule has 0 amide bonds. The summed E-state index contributed by atoms with van der Waals surface area (Å²) < 4.78 is 0. The van der Waals surface area contributed by atoms with Gasteiger partial charge in [0.25, 0.3) is 0 Å². The van der Waals surface area contributed by atoms with E-state index in [1.165, 1.54) is 10.8 Å². The van der Waals surface area contributed by atoms with Crippen molar-refractivity contribution in [3.05, 3.63) is 84.4 Å². The van der Waals surface area contributed by atoms with Gasteiger partial charge in [-0.2, -0.15) is 0 Å². The van der Waals surface area contributed by atoms with E-state index in [0.717, 1.165) is 5.56 Å². The molecule has 0 spiro atoms. The Balaban J connectivity index is 0.000000138. The van der Waals surface area contributed by atoms with Crippen molar-refractivity contribution in [2.75, 3.05) is 0 Å². The van der Waals surface area contributed by atoms with Crippen LogP contribution in [0.3, 0.4) is 0 Å². The van der Waals surface area contributed by atoms with E-state index < -0.39 is 0 Å². The Morgan fingerprint density at radius 3 is 1.28 bits per heavy atom. The molecule has 18 heavy (non-hydrogen) atoms. The lowest BCUT2D eigenvalue weighted by Gasteiger charge is -1.92. The van der Waals surface area contributed by atoms with Gasteiger partial charge in [-0.1, -0.05) is 72.7 Å². The molecule has 0 heteroatoms. The fourth-order valence-electron chi connectivity index (χ4n) is 1.67. The van der Waals surface area contributed by atoms with Gasteiger partial charge in [0, 0.05) is 5.56 Å². The number of rotatable bonds is 0. The van der Waals surface area contributed by atoms with E-state index >= 15 is 0 Å². The first-order valence-electron chi connectivity index (χ1n) is 5.85. The predicted molar refractivity (Wildman–Crippen MR) is 78.3 cm³/mol. The Morgan fingerprint density at radius 2 is 0.944 bits per heavy atom. The van der Waals surface area contributed by atoms with Gasteiger partial charge >= 0.3 is 0 Å². The molecule has 0 saturated carbocycles. The normalized spacial score (nSPS) is 9.06. The van der Waals surface area contributed by atoms with Crippen LogP contribution in [-0.4, -0.2) is 0 Å². The first kappa shape index (κ1) is 12.0. The second kappa shape index (κ2) is 6.27. The second-order valence-corrected chi connectivity index (χ2v) is 3.86. The number of fused-ring (bicyclic) bond motifs is 1. The highest BCUT2D eigenvalue weighted by atomic mass is 13.9. The Bertz CT molecular complexity index is 580. The summed E-state index contributed by atoms with van der Waals surface area (Å²) >= 11 is 0. The summed E-state index contributed by atoms with van der Waals surface area (Å²) in [5.74, 6) is 2.53. The molecule has 0 saturated heterocycles. The van der Waals surface area contributed by atoms with Gasteiger partial charge in [0.05, 0.1) is 0 Å². The van der Waals surface area contributed by atoms with E-state index in [1.54, 1.807) is 0 Å². The zero-order valence-corrected chi connectivity index (χ0v) is 10.1. The molecule has 0 fully saturated rings. The first-order chi connectivity index (χ1) is 8.90. The maximum atomic E-state index is 5.10. The zero-order valence-electron chi connectivity index (χ0n) is 10.1. The standard InChI is InChI=1S/C10H8.C8H6/c1-2-6-10-8-4-3-7-9(10)5-1;1-2-8-6-4-3-5-7-8/h1-8H;1,3-7H. The van der Waals surface area contributed by atoms with Crippen LogP contribution in [0.1, 0.15) is 5.56 Å². The predicted octanol–water partition coefficient (Wildman–Crippen LogP) is 4.51. The van der Waals surface area contributed by atoms with Crippen molar-refractivity contribution < 1.29 is 0 Å². The second-order valence-electron chi connectivity index (χ2n) is 3.86. The molecule has 0 nitrogen and oxygen atoms in total. The molecule has 3 aromatic carbocycles. The molecule has 0 aromatic heterocycles.